The van der Waals surface area contributed by atoms with Gasteiger partial charge in [0.05, 0.1) is 12.2 Å². The van der Waals surface area contributed by atoms with Gasteiger partial charge in [0.2, 0.25) is 0 Å². The maximum Gasteiger partial charge on any atom is 0.335 e. The molecule has 21 heavy (non-hydrogen) atoms. The molecule has 0 aromatic heterocycles. The fraction of sp³-hybridized carbons (Fsp3) is 0.588. The summed E-state index contributed by atoms with van der Waals surface area (Å²) in [5, 5.41) is 8.83. The smallest absolute Gasteiger partial charge is 0.335 e. The number of aromatic carboxylic acids is 1. The topological polar surface area (TPSA) is 49.8 Å². The zero-order valence-corrected chi connectivity index (χ0v) is 12.3. The van der Waals surface area contributed by atoms with Crippen molar-refractivity contribution in [1.29, 1.82) is 0 Å². The third kappa shape index (κ3) is 3.56. The third-order valence-corrected chi connectivity index (χ3v) is 4.79. The highest BCUT2D eigenvalue weighted by molar-refractivity contribution is 5.87. The zero-order chi connectivity index (χ0) is 14.7. The molecule has 2 atom stereocenters. The molecule has 1 aromatic rings. The second-order valence-electron chi connectivity index (χ2n) is 6.24. The molecule has 1 saturated heterocycles. The van der Waals surface area contributed by atoms with Crippen molar-refractivity contribution in [3.05, 3.63) is 29.8 Å². The van der Waals surface area contributed by atoms with Gasteiger partial charge >= 0.3 is 5.97 Å². The zero-order valence-electron chi connectivity index (χ0n) is 12.3. The van der Waals surface area contributed by atoms with E-state index in [0.717, 1.165) is 30.6 Å². The first-order valence-corrected chi connectivity index (χ1v) is 7.91. The van der Waals surface area contributed by atoms with Gasteiger partial charge in [-0.1, -0.05) is 6.42 Å². The number of nitrogens with zero attached hydrogens (tertiary/aromatic N) is 1. The van der Waals surface area contributed by atoms with Gasteiger partial charge in [0.15, 0.2) is 0 Å². The number of carboxylic acids is 1. The summed E-state index contributed by atoms with van der Waals surface area (Å²) in [6.45, 7) is 4.36. The Bertz CT molecular complexity index is 473. The molecular weight excluding hydrogens is 266 g/mol. The van der Waals surface area contributed by atoms with Crippen molar-refractivity contribution in [3.63, 3.8) is 0 Å². The number of ether oxygens (including phenoxy) is 1. The Morgan fingerprint density at radius 2 is 1.86 bits per heavy atom. The molecule has 0 amide bonds. The van der Waals surface area contributed by atoms with Crippen LogP contribution in [0, 0.1) is 11.8 Å². The van der Waals surface area contributed by atoms with Gasteiger partial charge in [0, 0.05) is 19.6 Å². The van der Waals surface area contributed by atoms with Crippen molar-refractivity contribution >= 4 is 5.97 Å². The molecule has 1 saturated carbocycles. The highest BCUT2D eigenvalue weighted by atomic mass is 16.5. The van der Waals surface area contributed by atoms with Gasteiger partial charge in [0.25, 0.3) is 0 Å². The summed E-state index contributed by atoms with van der Waals surface area (Å²) in [6.07, 6.45) is 5.31. The van der Waals surface area contributed by atoms with Crippen LogP contribution in [0.15, 0.2) is 24.3 Å². The van der Waals surface area contributed by atoms with Crippen LogP contribution in [0.4, 0.5) is 0 Å². The summed E-state index contributed by atoms with van der Waals surface area (Å²) in [5.41, 5.74) is 0.297. The van der Waals surface area contributed by atoms with E-state index in [1.165, 1.54) is 32.4 Å². The molecule has 1 aliphatic carbocycles. The molecule has 1 N–H and O–H groups in total. The van der Waals surface area contributed by atoms with Gasteiger partial charge in [-0.15, -0.1) is 0 Å². The number of hydrogen-bond donors (Lipinski definition) is 1. The van der Waals surface area contributed by atoms with Gasteiger partial charge in [-0.25, -0.2) is 4.79 Å². The van der Waals surface area contributed by atoms with Crippen LogP contribution in [0.3, 0.4) is 0 Å². The normalized spacial score (nSPS) is 25.0. The monoisotopic (exact) mass is 289 g/mol. The first-order valence-electron chi connectivity index (χ1n) is 7.91. The maximum absolute atomic E-state index is 10.8. The number of fused-ring (bicyclic) bond motifs is 1. The molecule has 2 fully saturated rings. The molecular formula is C17H23NO3. The van der Waals surface area contributed by atoms with Gasteiger partial charge in [-0.05, 0) is 55.4 Å². The van der Waals surface area contributed by atoms with E-state index in [1.807, 2.05) is 0 Å². The first-order chi connectivity index (χ1) is 10.2. The summed E-state index contributed by atoms with van der Waals surface area (Å²) >= 11 is 0. The van der Waals surface area contributed by atoms with Crippen molar-refractivity contribution in [2.75, 3.05) is 26.2 Å². The predicted octanol–water partition coefficient (Wildman–Crippen LogP) is 2.89. The lowest BCUT2D eigenvalue weighted by Crippen LogP contribution is -2.24. The Morgan fingerprint density at radius 3 is 2.48 bits per heavy atom. The molecule has 1 heterocycles. The standard InChI is InChI=1S/C17H23NO3/c19-17(20)13-5-7-16(8-6-13)21-10-2-9-18-11-14-3-1-4-15(14)12-18/h5-8,14-15H,1-4,9-12H2,(H,19,20). The number of carboxylic acid groups (broad SMARTS) is 1. The fourth-order valence-electron chi connectivity index (χ4n) is 3.69. The summed E-state index contributed by atoms with van der Waals surface area (Å²) in [4.78, 5) is 13.3. The third-order valence-electron chi connectivity index (χ3n) is 4.79. The van der Waals surface area contributed by atoms with E-state index < -0.39 is 5.97 Å². The van der Waals surface area contributed by atoms with Crippen LogP contribution in [0.2, 0.25) is 0 Å². The van der Waals surface area contributed by atoms with Gasteiger partial charge < -0.3 is 14.7 Å². The molecule has 114 valence electrons. The minimum atomic E-state index is -0.902. The number of benzene rings is 1. The lowest BCUT2D eigenvalue weighted by molar-refractivity contribution is 0.0697. The average Bonchev–Trinajstić information content (AvgIpc) is 3.05. The molecule has 0 bridgehead atoms. The number of carbonyl (C=O) groups is 1. The van der Waals surface area contributed by atoms with Crippen molar-refractivity contribution in [1.82, 2.24) is 4.90 Å². The van der Waals surface area contributed by atoms with Gasteiger partial charge in [-0.3, -0.25) is 0 Å². The fourth-order valence-corrected chi connectivity index (χ4v) is 3.69. The first kappa shape index (κ1) is 14.4. The average molecular weight is 289 g/mol. The number of likely N-dealkylation sites (tertiary alicyclic amines) is 1. The van der Waals surface area contributed by atoms with E-state index >= 15 is 0 Å². The van der Waals surface area contributed by atoms with Crippen LogP contribution in [0.25, 0.3) is 0 Å². The molecule has 2 aliphatic rings. The highest BCUT2D eigenvalue weighted by Crippen LogP contribution is 2.37. The Balaban J connectivity index is 1.36. The van der Waals surface area contributed by atoms with Crippen molar-refractivity contribution in [3.8, 4) is 5.75 Å². The molecule has 4 nitrogen and oxygen atoms in total. The summed E-state index contributed by atoms with van der Waals surface area (Å²) in [5.74, 6) is 1.75. The lowest BCUT2D eigenvalue weighted by Gasteiger charge is -2.16. The Kier molecular flexibility index (Phi) is 4.44. The molecule has 1 aliphatic heterocycles. The van der Waals surface area contributed by atoms with Gasteiger partial charge in [-0.2, -0.15) is 0 Å². The van der Waals surface area contributed by atoms with E-state index in [2.05, 4.69) is 4.90 Å². The van der Waals surface area contributed by atoms with E-state index in [-0.39, 0.29) is 0 Å². The molecule has 0 spiro atoms. The highest BCUT2D eigenvalue weighted by Gasteiger charge is 2.35. The summed E-state index contributed by atoms with van der Waals surface area (Å²) in [7, 11) is 0. The van der Waals surface area contributed by atoms with Crippen LogP contribution in [-0.2, 0) is 0 Å². The van der Waals surface area contributed by atoms with Crippen molar-refractivity contribution in [2.45, 2.75) is 25.7 Å². The van der Waals surface area contributed by atoms with Gasteiger partial charge in [0.1, 0.15) is 5.75 Å². The van der Waals surface area contributed by atoms with E-state index in [9.17, 15) is 4.79 Å². The largest absolute Gasteiger partial charge is 0.494 e. The number of rotatable bonds is 6. The quantitative estimate of drug-likeness (QED) is 0.818. The Labute approximate surface area is 125 Å². The second-order valence-corrected chi connectivity index (χ2v) is 6.24. The Morgan fingerprint density at radius 1 is 1.19 bits per heavy atom. The SMILES string of the molecule is O=C(O)c1ccc(OCCCN2CC3CCCC3C2)cc1. The van der Waals surface area contributed by atoms with Crippen LogP contribution >= 0.6 is 0 Å². The lowest BCUT2D eigenvalue weighted by atomic mass is 10.0. The van der Waals surface area contributed by atoms with E-state index in [1.54, 1.807) is 24.3 Å². The molecule has 0 radical (unpaired) electrons. The second kappa shape index (κ2) is 6.48. The summed E-state index contributed by atoms with van der Waals surface area (Å²) in [6, 6.07) is 6.62. The van der Waals surface area contributed by atoms with E-state index in [0.29, 0.717) is 12.2 Å². The molecule has 1 aromatic carbocycles. The molecule has 4 heteroatoms. The molecule has 3 rings (SSSR count). The van der Waals surface area contributed by atoms with Crippen molar-refractivity contribution in [2.24, 2.45) is 11.8 Å². The molecule has 2 unspecified atom stereocenters. The Hall–Kier alpha value is -1.55. The predicted molar refractivity (Wildman–Crippen MR) is 80.8 cm³/mol. The minimum Gasteiger partial charge on any atom is -0.494 e. The number of hydrogen-bond acceptors (Lipinski definition) is 3. The maximum atomic E-state index is 10.8. The minimum absolute atomic E-state index is 0.297. The van der Waals surface area contributed by atoms with Crippen LogP contribution in [0.1, 0.15) is 36.0 Å². The van der Waals surface area contributed by atoms with Crippen LogP contribution in [0.5, 0.6) is 5.75 Å². The van der Waals surface area contributed by atoms with E-state index in [4.69, 9.17) is 9.84 Å². The van der Waals surface area contributed by atoms with Crippen molar-refractivity contribution < 1.29 is 14.6 Å². The van der Waals surface area contributed by atoms with Crippen LogP contribution in [-0.4, -0.2) is 42.2 Å². The summed E-state index contributed by atoms with van der Waals surface area (Å²) < 4.78 is 5.67. The van der Waals surface area contributed by atoms with Crippen LogP contribution < -0.4 is 4.74 Å².